The molecule has 1 aromatic carbocycles. The number of carbonyl (C=O) groups is 2. The first-order valence-corrected chi connectivity index (χ1v) is 9.79. The lowest BCUT2D eigenvalue weighted by atomic mass is 10.2. The largest absolute Gasteiger partial charge is 0.465 e. The molecule has 3 rings (SSSR count). The number of carbonyl (C=O) groups excluding carboxylic acids is 2. The predicted octanol–water partition coefficient (Wildman–Crippen LogP) is 4.03. The number of halogens is 1. The van der Waals surface area contributed by atoms with Crippen molar-refractivity contribution in [2.75, 3.05) is 36.4 Å². The summed E-state index contributed by atoms with van der Waals surface area (Å²) in [6.45, 7) is 4.78. The summed E-state index contributed by atoms with van der Waals surface area (Å²) >= 11 is 6.14. The molecule has 2 heterocycles. The van der Waals surface area contributed by atoms with E-state index in [0.29, 0.717) is 49.1 Å². The Morgan fingerprint density at radius 2 is 2.00 bits per heavy atom. The van der Waals surface area contributed by atoms with Gasteiger partial charge in [-0.05, 0) is 42.8 Å². The van der Waals surface area contributed by atoms with E-state index in [1.54, 1.807) is 36.6 Å². The average Bonchev–Trinajstić information content (AvgIpc) is 3.21. The van der Waals surface area contributed by atoms with Crippen LogP contribution in [0.25, 0.3) is 6.08 Å². The Hall–Kier alpha value is -2.73. The zero-order chi connectivity index (χ0) is 19.9. The van der Waals surface area contributed by atoms with E-state index in [2.05, 4.69) is 10.2 Å². The molecule has 1 aromatic heterocycles. The van der Waals surface area contributed by atoms with Crippen LogP contribution in [0.2, 0.25) is 5.02 Å². The van der Waals surface area contributed by atoms with Gasteiger partial charge in [0.1, 0.15) is 5.76 Å². The topological polar surface area (TPSA) is 65.8 Å². The normalized spacial score (nSPS) is 14.5. The Labute approximate surface area is 169 Å². The molecule has 6 nitrogen and oxygen atoms in total. The van der Waals surface area contributed by atoms with Gasteiger partial charge in [-0.3, -0.25) is 9.59 Å². The van der Waals surface area contributed by atoms with Gasteiger partial charge in [0.2, 0.25) is 11.8 Å². The van der Waals surface area contributed by atoms with Crippen LogP contribution < -0.4 is 10.2 Å². The number of benzene rings is 1. The first kappa shape index (κ1) is 20.0. The van der Waals surface area contributed by atoms with E-state index in [1.165, 1.54) is 6.08 Å². The van der Waals surface area contributed by atoms with Gasteiger partial charge in [0, 0.05) is 43.7 Å². The highest BCUT2D eigenvalue weighted by Crippen LogP contribution is 2.30. The van der Waals surface area contributed by atoms with Gasteiger partial charge in [-0.15, -0.1) is 0 Å². The molecule has 1 aliphatic rings. The molecule has 1 fully saturated rings. The number of nitrogens with zero attached hydrogens (tertiary/aromatic N) is 2. The van der Waals surface area contributed by atoms with Crippen molar-refractivity contribution in [1.82, 2.24) is 4.90 Å². The quantitative estimate of drug-likeness (QED) is 0.742. The number of furan rings is 1. The maximum Gasteiger partial charge on any atom is 0.248 e. The lowest BCUT2D eigenvalue weighted by molar-refractivity contribution is -0.131. The van der Waals surface area contributed by atoms with Crippen LogP contribution in [0.15, 0.2) is 47.1 Å². The molecule has 7 heteroatoms. The molecule has 0 saturated carbocycles. The maximum atomic E-state index is 12.3. The fourth-order valence-corrected chi connectivity index (χ4v) is 3.34. The summed E-state index contributed by atoms with van der Waals surface area (Å²) in [7, 11) is 0. The molecular formula is C21H24ClN3O3. The molecule has 2 aromatic rings. The SMILES string of the molecule is CCCC(=O)N1CCN(c2ccc(Cl)cc2NC(=O)/C=C/c2ccco2)CC1. The van der Waals surface area contributed by atoms with Gasteiger partial charge in [-0.25, -0.2) is 0 Å². The highest BCUT2D eigenvalue weighted by molar-refractivity contribution is 6.31. The number of rotatable bonds is 6. The highest BCUT2D eigenvalue weighted by Gasteiger charge is 2.22. The number of hydrogen-bond donors (Lipinski definition) is 1. The van der Waals surface area contributed by atoms with Gasteiger partial charge in [0.25, 0.3) is 0 Å². The van der Waals surface area contributed by atoms with Crippen LogP contribution >= 0.6 is 11.6 Å². The van der Waals surface area contributed by atoms with Gasteiger partial charge >= 0.3 is 0 Å². The molecule has 0 atom stereocenters. The van der Waals surface area contributed by atoms with Crippen LogP contribution in [0.5, 0.6) is 0 Å². The molecule has 0 bridgehead atoms. The second-order valence-electron chi connectivity index (χ2n) is 6.62. The van der Waals surface area contributed by atoms with E-state index in [9.17, 15) is 9.59 Å². The molecule has 1 saturated heterocycles. The molecule has 1 N–H and O–H groups in total. The lowest BCUT2D eigenvalue weighted by Crippen LogP contribution is -2.48. The van der Waals surface area contributed by atoms with Gasteiger partial charge in [0.15, 0.2) is 0 Å². The summed E-state index contributed by atoms with van der Waals surface area (Å²) in [5.74, 6) is 0.542. The third-order valence-corrected chi connectivity index (χ3v) is 4.83. The van der Waals surface area contributed by atoms with E-state index in [-0.39, 0.29) is 11.8 Å². The van der Waals surface area contributed by atoms with Crippen molar-refractivity contribution in [3.63, 3.8) is 0 Å². The Balaban J connectivity index is 1.67. The zero-order valence-corrected chi connectivity index (χ0v) is 16.6. The van der Waals surface area contributed by atoms with Gasteiger partial charge < -0.3 is 19.5 Å². The van der Waals surface area contributed by atoms with E-state index in [1.807, 2.05) is 17.9 Å². The van der Waals surface area contributed by atoms with E-state index >= 15 is 0 Å². The monoisotopic (exact) mass is 401 g/mol. The van der Waals surface area contributed by atoms with Crippen molar-refractivity contribution in [2.45, 2.75) is 19.8 Å². The van der Waals surface area contributed by atoms with Crippen LogP contribution in [-0.2, 0) is 9.59 Å². The summed E-state index contributed by atoms with van der Waals surface area (Å²) in [4.78, 5) is 28.5. The Morgan fingerprint density at radius 1 is 1.21 bits per heavy atom. The van der Waals surface area contributed by atoms with E-state index in [4.69, 9.17) is 16.0 Å². The van der Waals surface area contributed by atoms with E-state index < -0.39 is 0 Å². The van der Waals surface area contributed by atoms with Crippen LogP contribution in [0, 0.1) is 0 Å². The fourth-order valence-electron chi connectivity index (χ4n) is 3.17. The van der Waals surface area contributed by atoms with Crippen molar-refractivity contribution >= 4 is 40.9 Å². The van der Waals surface area contributed by atoms with Crippen molar-refractivity contribution in [2.24, 2.45) is 0 Å². The smallest absolute Gasteiger partial charge is 0.248 e. The Bertz CT molecular complexity index is 841. The molecule has 28 heavy (non-hydrogen) atoms. The van der Waals surface area contributed by atoms with Gasteiger partial charge in [-0.2, -0.15) is 0 Å². The molecule has 0 spiro atoms. The standard InChI is InChI=1S/C21H24ClN3O3/c1-2-4-21(27)25-12-10-24(11-13-25)19-8-6-16(22)15-18(19)23-20(26)9-7-17-5-3-14-28-17/h3,5-9,14-15H,2,4,10-13H2,1H3,(H,23,26)/b9-7+. The Kier molecular flexibility index (Phi) is 6.76. The molecule has 148 valence electrons. The Morgan fingerprint density at radius 3 is 2.68 bits per heavy atom. The van der Waals surface area contributed by atoms with Crippen LogP contribution in [-0.4, -0.2) is 42.9 Å². The zero-order valence-electron chi connectivity index (χ0n) is 15.9. The second kappa shape index (κ2) is 9.46. The summed E-state index contributed by atoms with van der Waals surface area (Å²) in [5.41, 5.74) is 1.54. The van der Waals surface area contributed by atoms with Crippen molar-refractivity contribution in [3.05, 3.63) is 53.5 Å². The van der Waals surface area contributed by atoms with Crippen LogP contribution in [0.1, 0.15) is 25.5 Å². The maximum absolute atomic E-state index is 12.3. The van der Waals surface area contributed by atoms with Gasteiger partial charge in [0.05, 0.1) is 17.6 Å². The third-order valence-electron chi connectivity index (χ3n) is 4.60. The number of piperazine rings is 1. The molecular weight excluding hydrogens is 378 g/mol. The van der Waals surface area contributed by atoms with Crippen molar-refractivity contribution < 1.29 is 14.0 Å². The average molecular weight is 402 g/mol. The minimum Gasteiger partial charge on any atom is -0.465 e. The first-order chi connectivity index (χ1) is 13.6. The van der Waals surface area contributed by atoms with Crippen molar-refractivity contribution in [3.8, 4) is 0 Å². The lowest BCUT2D eigenvalue weighted by Gasteiger charge is -2.37. The highest BCUT2D eigenvalue weighted by atomic mass is 35.5. The molecule has 1 aliphatic heterocycles. The molecule has 0 radical (unpaired) electrons. The number of anilines is 2. The minimum atomic E-state index is -0.267. The summed E-state index contributed by atoms with van der Waals surface area (Å²) in [6.07, 6.45) is 6.03. The number of hydrogen-bond acceptors (Lipinski definition) is 4. The summed E-state index contributed by atoms with van der Waals surface area (Å²) < 4.78 is 5.19. The summed E-state index contributed by atoms with van der Waals surface area (Å²) in [6, 6.07) is 8.98. The molecule has 0 aliphatic carbocycles. The van der Waals surface area contributed by atoms with Crippen LogP contribution in [0.4, 0.5) is 11.4 Å². The summed E-state index contributed by atoms with van der Waals surface area (Å²) in [5, 5.41) is 3.44. The molecule has 0 unspecified atom stereocenters. The number of amides is 2. The first-order valence-electron chi connectivity index (χ1n) is 9.41. The fraction of sp³-hybridized carbons (Fsp3) is 0.333. The third kappa shape index (κ3) is 5.16. The van der Waals surface area contributed by atoms with Gasteiger partial charge in [-0.1, -0.05) is 18.5 Å². The van der Waals surface area contributed by atoms with E-state index in [0.717, 1.165) is 12.1 Å². The minimum absolute atomic E-state index is 0.204. The predicted molar refractivity (Wildman–Crippen MR) is 112 cm³/mol. The van der Waals surface area contributed by atoms with Crippen molar-refractivity contribution in [1.29, 1.82) is 0 Å². The molecule has 2 amide bonds. The van der Waals surface area contributed by atoms with Crippen LogP contribution in [0.3, 0.4) is 0 Å². The number of nitrogens with one attached hydrogen (secondary N) is 1. The second-order valence-corrected chi connectivity index (χ2v) is 7.05.